The van der Waals surface area contributed by atoms with Gasteiger partial charge in [-0.15, -0.1) is 0 Å². The third-order valence-corrected chi connectivity index (χ3v) is 2.94. The molecule has 1 aromatic heterocycles. The van der Waals surface area contributed by atoms with E-state index in [1.807, 2.05) is 0 Å². The summed E-state index contributed by atoms with van der Waals surface area (Å²) in [5, 5.41) is 11.9. The Morgan fingerprint density at radius 2 is 2.00 bits per heavy atom. The average molecular weight is 285 g/mol. The Bertz CT molecular complexity index is 509. The van der Waals surface area contributed by atoms with Crippen molar-refractivity contribution < 1.29 is 14.7 Å². The van der Waals surface area contributed by atoms with Gasteiger partial charge < -0.3 is 10.4 Å². The van der Waals surface area contributed by atoms with E-state index >= 15 is 0 Å². The van der Waals surface area contributed by atoms with E-state index in [9.17, 15) is 9.59 Å². The van der Waals surface area contributed by atoms with Gasteiger partial charge in [-0.05, 0) is 18.4 Å². The minimum atomic E-state index is -1.09. The fourth-order valence-electron chi connectivity index (χ4n) is 1.55. The topological polar surface area (TPSA) is 79.3 Å². The second kappa shape index (κ2) is 5.57. The van der Waals surface area contributed by atoms with Crippen LogP contribution < -0.4 is 5.32 Å². The molecule has 0 radical (unpaired) electrons. The molecule has 1 heterocycles. The van der Waals surface area contributed by atoms with Crippen molar-refractivity contribution in [3.8, 4) is 0 Å². The summed E-state index contributed by atoms with van der Waals surface area (Å²) in [6.45, 7) is 6.96. The SMILES string of the molecule is Cc1cc(Cl)c(C(=O)N[C@@H](C(=O)O)C(C)(C)C)cn1. The number of amides is 1. The standard InChI is InChI=1S/C13H17ClN2O3/c1-7-5-9(14)8(6-15-7)11(17)16-10(12(18)19)13(2,3)4/h5-6,10H,1-4H3,(H,16,17)(H,18,19)/t10-/m0/s1. The molecule has 2 N–H and O–H groups in total. The van der Waals surface area contributed by atoms with Gasteiger partial charge in [0.25, 0.3) is 5.91 Å². The number of carbonyl (C=O) groups is 2. The van der Waals surface area contributed by atoms with Crippen LogP contribution in [-0.2, 0) is 4.79 Å². The molecule has 0 unspecified atom stereocenters. The van der Waals surface area contributed by atoms with Gasteiger partial charge in [-0.1, -0.05) is 32.4 Å². The van der Waals surface area contributed by atoms with Crippen molar-refractivity contribution in [3.05, 3.63) is 28.5 Å². The van der Waals surface area contributed by atoms with E-state index in [0.29, 0.717) is 5.69 Å². The lowest BCUT2D eigenvalue weighted by Gasteiger charge is -2.27. The van der Waals surface area contributed by atoms with Gasteiger partial charge in [0, 0.05) is 11.9 Å². The minimum absolute atomic E-state index is 0.169. The monoisotopic (exact) mass is 284 g/mol. The van der Waals surface area contributed by atoms with Crippen molar-refractivity contribution in [1.29, 1.82) is 0 Å². The zero-order chi connectivity index (χ0) is 14.8. The Balaban J connectivity index is 2.98. The highest BCUT2D eigenvalue weighted by Gasteiger charge is 2.33. The maximum absolute atomic E-state index is 12.0. The number of hydrogen-bond donors (Lipinski definition) is 2. The van der Waals surface area contributed by atoms with E-state index in [2.05, 4.69) is 10.3 Å². The Hall–Kier alpha value is -1.62. The number of aromatic nitrogens is 1. The molecule has 1 rings (SSSR count). The van der Waals surface area contributed by atoms with Gasteiger partial charge in [0.2, 0.25) is 0 Å². The number of aryl methyl sites for hydroxylation is 1. The van der Waals surface area contributed by atoms with E-state index in [1.54, 1.807) is 33.8 Å². The number of rotatable bonds is 3. The number of pyridine rings is 1. The van der Waals surface area contributed by atoms with Gasteiger partial charge in [-0.2, -0.15) is 0 Å². The molecule has 0 bridgehead atoms. The van der Waals surface area contributed by atoms with Crippen LogP contribution in [0.3, 0.4) is 0 Å². The Morgan fingerprint density at radius 3 is 2.42 bits per heavy atom. The molecule has 0 spiro atoms. The van der Waals surface area contributed by atoms with Crippen LogP contribution in [0.2, 0.25) is 5.02 Å². The van der Waals surface area contributed by atoms with Crippen LogP contribution in [0, 0.1) is 12.3 Å². The van der Waals surface area contributed by atoms with Crippen LogP contribution in [-0.4, -0.2) is 28.0 Å². The fraction of sp³-hybridized carbons (Fsp3) is 0.462. The molecule has 6 heteroatoms. The van der Waals surface area contributed by atoms with Crippen LogP contribution in [0.15, 0.2) is 12.3 Å². The summed E-state index contributed by atoms with van der Waals surface area (Å²) in [4.78, 5) is 27.2. The van der Waals surface area contributed by atoms with Crippen molar-refractivity contribution in [2.24, 2.45) is 5.41 Å². The third-order valence-electron chi connectivity index (χ3n) is 2.62. The van der Waals surface area contributed by atoms with Gasteiger partial charge in [0.1, 0.15) is 6.04 Å². The van der Waals surface area contributed by atoms with Crippen molar-refractivity contribution in [3.63, 3.8) is 0 Å². The molecular weight excluding hydrogens is 268 g/mol. The number of hydrogen-bond acceptors (Lipinski definition) is 3. The van der Waals surface area contributed by atoms with E-state index in [1.165, 1.54) is 6.20 Å². The highest BCUT2D eigenvalue weighted by Crippen LogP contribution is 2.21. The number of nitrogens with one attached hydrogen (secondary N) is 1. The summed E-state index contributed by atoms with van der Waals surface area (Å²) in [5.41, 5.74) is 0.251. The second-order valence-corrected chi connectivity index (χ2v) is 5.82. The average Bonchev–Trinajstić information content (AvgIpc) is 2.23. The van der Waals surface area contributed by atoms with Crippen molar-refractivity contribution in [2.45, 2.75) is 33.7 Å². The maximum atomic E-state index is 12.0. The van der Waals surface area contributed by atoms with Crippen LogP contribution in [0.5, 0.6) is 0 Å². The summed E-state index contributed by atoms with van der Waals surface area (Å²) in [7, 11) is 0. The van der Waals surface area contributed by atoms with Gasteiger partial charge in [0.15, 0.2) is 0 Å². The Labute approximate surface area is 117 Å². The van der Waals surface area contributed by atoms with Gasteiger partial charge in [0.05, 0.1) is 10.6 Å². The number of carboxylic acids is 1. The molecule has 0 aliphatic heterocycles. The van der Waals surface area contributed by atoms with E-state index in [-0.39, 0.29) is 10.6 Å². The first-order valence-corrected chi connectivity index (χ1v) is 6.16. The predicted molar refractivity (Wildman–Crippen MR) is 72.3 cm³/mol. The molecule has 1 aromatic rings. The zero-order valence-electron chi connectivity index (χ0n) is 11.3. The molecule has 0 aliphatic carbocycles. The molecule has 0 aliphatic rings. The van der Waals surface area contributed by atoms with Crippen molar-refractivity contribution in [1.82, 2.24) is 10.3 Å². The molecule has 5 nitrogen and oxygen atoms in total. The molecule has 19 heavy (non-hydrogen) atoms. The van der Waals surface area contributed by atoms with Crippen LogP contribution in [0.25, 0.3) is 0 Å². The Morgan fingerprint density at radius 1 is 1.42 bits per heavy atom. The predicted octanol–water partition coefficient (Wildman–Crippen LogP) is 2.27. The molecule has 0 saturated heterocycles. The summed E-state index contributed by atoms with van der Waals surface area (Å²) >= 11 is 5.95. The van der Waals surface area contributed by atoms with Gasteiger partial charge in [-0.3, -0.25) is 9.78 Å². The number of halogens is 1. The lowest BCUT2D eigenvalue weighted by atomic mass is 9.86. The zero-order valence-corrected chi connectivity index (χ0v) is 12.1. The number of nitrogens with zero attached hydrogens (tertiary/aromatic N) is 1. The van der Waals surface area contributed by atoms with E-state index in [4.69, 9.17) is 16.7 Å². The smallest absolute Gasteiger partial charge is 0.326 e. The summed E-state index contributed by atoms with van der Waals surface area (Å²) in [5.74, 6) is -1.63. The highest BCUT2D eigenvalue weighted by molar-refractivity contribution is 6.33. The number of carbonyl (C=O) groups excluding carboxylic acids is 1. The van der Waals surface area contributed by atoms with Gasteiger partial charge >= 0.3 is 5.97 Å². The first-order chi connectivity index (χ1) is 8.62. The molecule has 1 amide bonds. The first kappa shape index (κ1) is 15.4. The van der Waals surface area contributed by atoms with Crippen LogP contribution in [0.4, 0.5) is 0 Å². The minimum Gasteiger partial charge on any atom is -0.480 e. The Kier molecular flexibility index (Phi) is 4.52. The quantitative estimate of drug-likeness (QED) is 0.892. The molecule has 0 fully saturated rings. The molecule has 104 valence electrons. The van der Waals surface area contributed by atoms with E-state index in [0.717, 1.165) is 0 Å². The van der Waals surface area contributed by atoms with Crippen LogP contribution >= 0.6 is 11.6 Å². The summed E-state index contributed by atoms with van der Waals surface area (Å²) in [6.07, 6.45) is 1.34. The lowest BCUT2D eigenvalue weighted by molar-refractivity contribution is -0.142. The summed E-state index contributed by atoms with van der Waals surface area (Å²) < 4.78 is 0. The van der Waals surface area contributed by atoms with Crippen molar-refractivity contribution in [2.75, 3.05) is 0 Å². The van der Waals surface area contributed by atoms with Gasteiger partial charge in [-0.25, -0.2) is 4.79 Å². The normalized spacial score (nSPS) is 12.9. The molecular formula is C13H17ClN2O3. The second-order valence-electron chi connectivity index (χ2n) is 5.42. The fourth-order valence-corrected chi connectivity index (χ4v) is 1.84. The first-order valence-electron chi connectivity index (χ1n) is 5.78. The number of carboxylic acid groups (broad SMARTS) is 1. The molecule has 0 saturated carbocycles. The third kappa shape index (κ3) is 3.92. The van der Waals surface area contributed by atoms with Crippen LogP contribution in [0.1, 0.15) is 36.8 Å². The van der Waals surface area contributed by atoms with Crippen molar-refractivity contribution >= 4 is 23.5 Å². The summed E-state index contributed by atoms with van der Waals surface area (Å²) in [6, 6.07) is 0.556. The lowest BCUT2D eigenvalue weighted by Crippen LogP contribution is -2.49. The maximum Gasteiger partial charge on any atom is 0.326 e. The van der Waals surface area contributed by atoms with E-state index < -0.39 is 23.3 Å². The number of aliphatic carboxylic acids is 1. The largest absolute Gasteiger partial charge is 0.480 e. The molecule has 0 aromatic carbocycles. The highest BCUT2D eigenvalue weighted by atomic mass is 35.5. The molecule has 1 atom stereocenters.